The number of nitrogens with zero attached hydrogens (tertiary/aromatic N) is 1. The molecule has 0 amide bonds. The highest BCUT2D eigenvalue weighted by Crippen LogP contribution is 2.31. The number of rotatable bonds is 3. The maximum absolute atomic E-state index is 6.25. The highest BCUT2D eigenvalue weighted by molar-refractivity contribution is 9.10. The van der Waals surface area contributed by atoms with Gasteiger partial charge in [-0.3, -0.25) is 0 Å². The minimum absolute atomic E-state index is 0.0550. The van der Waals surface area contributed by atoms with Gasteiger partial charge in [-0.15, -0.1) is 11.3 Å². The Bertz CT molecular complexity index is 490. The zero-order valence-electron chi connectivity index (χ0n) is 9.85. The quantitative estimate of drug-likeness (QED) is 0.938. The lowest BCUT2D eigenvalue weighted by Gasteiger charge is -2.15. The third-order valence-corrected chi connectivity index (χ3v) is 4.65. The molecule has 1 atom stereocenters. The third-order valence-electron chi connectivity index (χ3n) is 2.70. The Labute approximate surface area is 114 Å². The van der Waals surface area contributed by atoms with Crippen LogP contribution in [0, 0.1) is 0 Å². The summed E-state index contributed by atoms with van der Waals surface area (Å²) in [5.41, 5.74) is 8.58. The summed E-state index contributed by atoms with van der Waals surface area (Å²) in [5, 5.41) is 2.05. The van der Waals surface area contributed by atoms with Gasteiger partial charge in [0.2, 0.25) is 0 Å². The highest BCUT2D eigenvalue weighted by atomic mass is 79.9. The molecule has 1 heterocycles. The van der Waals surface area contributed by atoms with Crippen molar-refractivity contribution >= 4 is 33.0 Å². The van der Waals surface area contributed by atoms with Gasteiger partial charge in [0.25, 0.3) is 0 Å². The van der Waals surface area contributed by atoms with Crippen molar-refractivity contribution < 1.29 is 0 Å². The molecule has 2 rings (SSSR count). The lowest BCUT2D eigenvalue weighted by atomic mass is 10.1. The molecule has 0 aliphatic carbocycles. The summed E-state index contributed by atoms with van der Waals surface area (Å²) in [5.74, 6) is 0. The van der Waals surface area contributed by atoms with E-state index >= 15 is 0 Å². The molecule has 2 N–H and O–H groups in total. The van der Waals surface area contributed by atoms with E-state index < -0.39 is 0 Å². The van der Waals surface area contributed by atoms with Gasteiger partial charge < -0.3 is 10.6 Å². The molecule has 0 spiro atoms. The largest absolute Gasteiger partial charge is 0.378 e. The Kier molecular flexibility index (Phi) is 3.86. The zero-order chi connectivity index (χ0) is 12.4. The van der Waals surface area contributed by atoms with Crippen LogP contribution in [0.1, 0.15) is 16.5 Å². The Balaban J connectivity index is 2.26. The number of benzene rings is 1. The van der Waals surface area contributed by atoms with E-state index in [1.807, 2.05) is 25.5 Å². The average Bonchev–Trinajstić information content (AvgIpc) is 2.74. The molecule has 0 saturated heterocycles. The predicted octanol–water partition coefficient (Wildman–Crippen LogP) is 3.62. The normalized spacial score (nSPS) is 12.5. The first kappa shape index (κ1) is 12.6. The number of thiophene rings is 1. The van der Waals surface area contributed by atoms with Crippen molar-refractivity contribution in [3.8, 4) is 0 Å². The van der Waals surface area contributed by atoms with Crippen LogP contribution in [-0.2, 0) is 0 Å². The molecule has 0 bridgehead atoms. The van der Waals surface area contributed by atoms with Crippen LogP contribution >= 0.6 is 27.3 Å². The van der Waals surface area contributed by atoms with Crippen LogP contribution in [0.25, 0.3) is 0 Å². The van der Waals surface area contributed by atoms with Crippen LogP contribution in [0.15, 0.2) is 40.2 Å². The molecular weight excluding hydrogens is 296 g/mol. The molecule has 0 saturated carbocycles. The van der Waals surface area contributed by atoms with Crippen LogP contribution in [0.3, 0.4) is 0 Å². The zero-order valence-corrected chi connectivity index (χ0v) is 12.3. The van der Waals surface area contributed by atoms with Crippen molar-refractivity contribution in [2.45, 2.75) is 6.04 Å². The average molecular weight is 311 g/mol. The Morgan fingerprint density at radius 3 is 2.29 bits per heavy atom. The minimum atomic E-state index is -0.0550. The first-order valence-electron chi connectivity index (χ1n) is 5.35. The second-order valence-electron chi connectivity index (χ2n) is 4.10. The molecule has 0 aliphatic heterocycles. The van der Waals surface area contributed by atoms with Crippen molar-refractivity contribution in [1.29, 1.82) is 0 Å². The number of halogens is 1. The van der Waals surface area contributed by atoms with E-state index in [4.69, 9.17) is 5.73 Å². The molecule has 17 heavy (non-hydrogen) atoms. The summed E-state index contributed by atoms with van der Waals surface area (Å²) in [6.07, 6.45) is 0. The minimum Gasteiger partial charge on any atom is -0.378 e. The van der Waals surface area contributed by atoms with Crippen LogP contribution < -0.4 is 10.6 Å². The summed E-state index contributed by atoms with van der Waals surface area (Å²) >= 11 is 5.20. The highest BCUT2D eigenvalue weighted by Gasteiger charge is 2.13. The van der Waals surface area contributed by atoms with Gasteiger partial charge in [0.15, 0.2) is 0 Å². The Morgan fingerprint density at radius 2 is 1.82 bits per heavy atom. The number of hydrogen-bond donors (Lipinski definition) is 1. The van der Waals surface area contributed by atoms with Gasteiger partial charge in [-0.2, -0.15) is 0 Å². The molecule has 0 fully saturated rings. The van der Waals surface area contributed by atoms with Crippen molar-refractivity contribution in [2.24, 2.45) is 5.73 Å². The topological polar surface area (TPSA) is 29.3 Å². The molecule has 1 unspecified atom stereocenters. The molecule has 4 heteroatoms. The van der Waals surface area contributed by atoms with Crippen molar-refractivity contribution in [2.75, 3.05) is 19.0 Å². The van der Waals surface area contributed by atoms with E-state index in [9.17, 15) is 0 Å². The van der Waals surface area contributed by atoms with E-state index in [0.29, 0.717) is 0 Å². The molecule has 2 nitrogen and oxygen atoms in total. The van der Waals surface area contributed by atoms with Crippen molar-refractivity contribution in [1.82, 2.24) is 0 Å². The standard InChI is InChI=1S/C13H15BrN2S/c1-16(2)10-5-3-9(4-6-10)12(15)13-11(14)7-8-17-13/h3-8,12H,15H2,1-2H3. The molecule has 1 aromatic carbocycles. The van der Waals surface area contributed by atoms with Gasteiger partial charge in [0.1, 0.15) is 0 Å². The first-order valence-corrected chi connectivity index (χ1v) is 7.02. The maximum Gasteiger partial charge on any atom is 0.0657 e. The monoisotopic (exact) mass is 310 g/mol. The summed E-state index contributed by atoms with van der Waals surface area (Å²) < 4.78 is 1.09. The van der Waals surface area contributed by atoms with E-state index in [0.717, 1.165) is 10.0 Å². The lowest BCUT2D eigenvalue weighted by molar-refractivity contribution is 0.888. The molecule has 90 valence electrons. The van der Waals surface area contributed by atoms with Crippen LogP contribution in [0.2, 0.25) is 0 Å². The predicted molar refractivity (Wildman–Crippen MR) is 78.8 cm³/mol. The van der Waals surface area contributed by atoms with Gasteiger partial charge in [-0.1, -0.05) is 12.1 Å². The fourth-order valence-corrected chi connectivity index (χ4v) is 3.31. The second-order valence-corrected chi connectivity index (χ2v) is 5.90. The lowest BCUT2D eigenvalue weighted by Crippen LogP contribution is -2.12. The Morgan fingerprint density at radius 1 is 1.18 bits per heavy atom. The fraction of sp³-hybridized carbons (Fsp3) is 0.231. The molecule has 0 radical (unpaired) electrons. The van der Waals surface area contributed by atoms with Gasteiger partial charge in [-0.05, 0) is 45.1 Å². The van der Waals surface area contributed by atoms with E-state index in [-0.39, 0.29) is 6.04 Å². The van der Waals surface area contributed by atoms with Crippen molar-refractivity contribution in [3.63, 3.8) is 0 Å². The van der Waals surface area contributed by atoms with Gasteiger partial charge >= 0.3 is 0 Å². The second kappa shape index (κ2) is 5.21. The van der Waals surface area contributed by atoms with E-state index in [1.54, 1.807) is 11.3 Å². The van der Waals surface area contributed by atoms with Gasteiger partial charge in [-0.25, -0.2) is 0 Å². The van der Waals surface area contributed by atoms with Crippen LogP contribution in [0.4, 0.5) is 5.69 Å². The maximum atomic E-state index is 6.25. The molecular formula is C13H15BrN2S. The number of anilines is 1. The number of nitrogens with two attached hydrogens (primary N) is 1. The molecule has 1 aromatic heterocycles. The number of hydrogen-bond acceptors (Lipinski definition) is 3. The molecule has 0 aliphatic rings. The van der Waals surface area contributed by atoms with E-state index in [1.165, 1.54) is 10.6 Å². The molecule has 2 aromatic rings. The Hall–Kier alpha value is -0.840. The summed E-state index contributed by atoms with van der Waals surface area (Å²) in [4.78, 5) is 3.25. The fourth-order valence-electron chi connectivity index (χ4n) is 1.66. The van der Waals surface area contributed by atoms with Crippen molar-refractivity contribution in [3.05, 3.63) is 50.6 Å². The SMILES string of the molecule is CN(C)c1ccc(C(N)c2sccc2Br)cc1. The van der Waals surface area contributed by atoms with Gasteiger partial charge in [0, 0.05) is 29.1 Å². The van der Waals surface area contributed by atoms with Crippen LogP contribution in [0.5, 0.6) is 0 Å². The smallest absolute Gasteiger partial charge is 0.0657 e. The van der Waals surface area contributed by atoms with Gasteiger partial charge in [0.05, 0.1) is 6.04 Å². The van der Waals surface area contributed by atoms with Crippen LogP contribution in [-0.4, -0.2) is 14.1 Å². The summed E-state index contributed by atoms with van der Waals surface area (Å²) in [7, 11) is 4.07. The van der Waals surface area contributed by atoms with E-state index in [2.05, 4.69) is 45.1 Å². The summed E-state index contributed by atoms with van der Waals surface area (Å²) in [6.45, 7) is 0. The third kappa shape index (κ3) is 2.70. The summed E-state index contributed by atoms with van der Waals surface area (Å²) in [6, 6.07) is 10.3. The first-order chi connectivity index (χ1) is 8.09.